The molecule has 0 spiro atoms. The highest BCUT2D eigenvalue weighted by molar-refractivity contribution is 7.92. The van der Waals surface area contributed by atoms with E-state index in [2.05, 4.69) is 10.4 Å². The molecule has 2 fully saturated rings. The number of aryl methyl sites for hydroxylation is 1. The van der Waals surface area contributed by atoms with E-state index in [1.165, 1.54) is 35.1 Å². The molecule has 2 bridgehead atoms. The Labute approximate surface area is 223 Å². The number of rotatable bonds is 6. The number of hydrogen-bond donors (Lipinski definition) is 3. The Hall–Kier alpha value is -2.86. The summed E-state index contributed by atoms with van der Waals surface area (Å²) in [4.78, 5) is 12.5. The van der Waals surface area contributed by atoms with Crippen molar-refractivity contribution in [3.8, 4) is 0 Å². The zero-order chi connectivity index (χ0) is 27.4. The molecule has 5 atom stereocenters. The number of aromatic nitrogens is 2. The fourth-order valence-corrected chi connectivity index (χ4v) is 8.35. The average molecular weight is 566 g/mol. The van der Waals surface area contributed by atoms with Crippen LogP contribution in [0.3, 0.4) is 0 Å². The number of anilines is 1. The molecule has 0 radical (unpaired) electrons. The predicted octanol–water partition coefficient (Wildman–Crippen LogP) is 4.03. The monoisotopic (exact) mass is 565 g/mol. The summed E-state index contributed by atoms with van der Waals surface area (Å²) in [6.07, 6.45) is 1.66. The van der Waals surface area contributed by atoms with Crippen LogP contribution in [0, 0.1) is 23.5 Å². The van der Waals surface area contributed by atoms with Gasteiger partial charge in [0.05, 0.1) is 20.9 Å². The molecule has 1 heterocycles. The second-order valence-corrected chi connectivity index (χ2v) is 12.6. The first-order valence-electron chi connectivity index (χ1n) is 12.1. The number of carbonyl (C=O) groups excluding carboxylic acids is 1. The normalized spacial score (nSPS) is 25.8. The first-order chi connectivity index (χ1) is 17.9. The maximum absolute atomic E-state index is 13.7. The number of sulfone groups is 1. The standard InChI is InChI=1S/C26H26ClF2N3O5S/c1-32-22(8-9-30-32)24(33)26(35)15-3-4-16(26)12-18(11-15)38(36,37)23-10-14(2-6-19(23)27)25(34)31-17-5-7-20(28)21(29)13-17/h2,5-10,13,15-16,18,24,33,35H,3-4,11-12H2,1H3,(H,31,34)/t15-,16?,18-,24?,26-/m0/s1. The smallest absolute Gasteiger partial charge is 0.255 e. The quantitative estimate of drug-likeness (QED) is 0.415. The van der Waals surface area contributed by atoms with Crippen molar-refractivity contribution in [3.05, 3.63) is 76.6 Å². The average Bonchev–Trinajstić information content (AvgIpc) is 3.34. The van der Waals surface area contributed by atoms with Crippen LogP contribution in [0.25, 0.3) is 0 Å². The van der Waals surface area contributed by atoms with Crippen molar-refractivity contribution in [2.45, 2.75) is 47.5 Å². The molecule has 2 aromatic carbocycles. The summed E-state index contributed by atoms with van der Waals surface area (Å²) in [5.41, 5.74) is -1.06. The van der Waals surface area contributed by atoms with E-state index in [-0.39, 0.29) is 34.0 Å². The van der Waals surface area contributed by atoms with Gasteiger partial charge in [0.15, 0.2) is 21.5 Å². The lowest BCUT2D eigenvalue weighted by Gasteiger charge is -2.45. The third-order valence-electron chi connectivity index (χ3n) is 7.96. The summed E-state index contributed by atoms with van der Waals surface area (Å²) in [5.74, 6) is -3.86. The summed E-state index contributed by atoms with van der Waals surface area (Å²) in [6.45, 7) is 0. The molecule has 5 rings (SSSR count). The molecule has 3 N–H and O–H groups in total. The predicted molar refractivity (Wildman–Crippen MR) is 135 cm³/mol. The minimum absolute atomic E-state index is 0.00313. The lowest BCUT2D eigenvalue weighted by atomic mass is 9.70. The van der Waals surface area contributed by atoms with Gasteiger partial charge in [0, 0.05) is 30.6 Å². The Morgan fingerprint density at radius 1 is 1.13 bits per heavy atom. The fourth-order valence-electron chi connectivity index (χ4n) is 5.95. The Balaban J connectivity index is 1.39. The van der Waals surface area contributed by atoms with E-state index in [9.17, 15) is 32.2 Å². The summed E-state index contributed by atoms with van der Waals surface area (Å²) < 4.78 is 55.7. The van der Waals surface area contributed by atoms with Crippen LogP contribution in [0.5, 0.6) is 0 Å². The van der Waals surface area contributed by atoms with Crippen molar-refractivity contribution < 1.29 is 32.2 Å². The fraction of sp³-hybridized carbons (Fsp3) is 0.385. The van der Waals surface area contributed by atoms with E-state index < -0.39 is 56.2 Å². The Kier molecular flexibility index (Phi) is 6.83. The molecule has 1 amide bonds. The summed E-state index contributed by atoms with van der Waals surface area (Å²) in [7, 11) is -2.37. The third kappa shape index (κ3) is 4.41. The van der Waals surface area contributed by atoms with Crippen molar-refractivity contribution in [2.24, 2.45) is 18.9 Å². The van der Waals surface area contributed by atoms with Gasteiger partial charge in [-0.05, 0) is 73.9 Å². The molecule has 0 aliphatic heterocycles. The molecule has 12 heteroatoms. The zero-order valence-corrected chi connectivity index (χ0v) is 21.9. The van der Waals surface area contributed by atoms with Gasteiger partial charge < -0.3 is 15.5 Å². The minimum Gasteiger partial charge on any atom is -0.386 e. The lowest BCUT2D eigenvalue weighted by Crippen LogP contribution is -2.52. The Morgan fingerprint density at radius 3 is 2.42 bits per heavy atom. The minimum atomic E-state index is -4.03. The van der Waals surface area contributed by atoms with E-state index in [1.54, 1.807) is 13.1 Å². The topological polar surface area (TPSA) is 122 Å². The van der Waals surface area contributed by atoms with Crippen molar-refractivity contribution in [1.29, 1.82) is 0 Å². The number of halogens is 3. The van der Waals surface area contributed by atoms with Gasteiger partial charge in [0.25, 0.3) is 5.91 Å². The van der Waals surface area contributed by atoms with Crippen LogP contribution in [0.2, 0.25) is 5.02 Å². The van der Waals surface area contributed by atoms with E-state index in [0.717, 1.165) is 12.1 Å². The number of aliphatic hydroxyl groups excluding tert-OH is 1. The molecule has 2 saturated carbocycles. The van der Waals surface area contributed by atoms with Gasteiger partial charge >= 0.3 is 0 Å². The highest BCUT2D eigenvalue weighted by atomic mass is 35.5. The number of fused-ring (bicyclic) bond motifs is 2. The number of hydrogen-bond acceptors (Lipinski definition) is 6. The molecule has 2 unspecified atom stereocenters. The number of aliphatic hydroxyl groups is 2. The van der Waals surface area contributed by atoms with Gasteiger partial charge in [0.1, 0.15) is 11.7 Å². The molecule has 3 aromatic rings. The zero-order valence-electron chi connectivity index (χ0n) is 20.3. The van der Waals surface area contributed by atoms with Crippen LogP contribution in [0.15, 0.2) is 53.6 Å². The molecule has 1 aromatic heterocycles. The van der Waals surface area contributed by atoms with Crippen molar-refractivity contribution in [2.75, 3.05) is 5.32 Å². The van der Waals surface area contributed by atoms with Gasteiger partial charge in [-0.15, -0.1) is 0 Å². The van der Waals surface area contributed by atoms with Crippen LogP contribution in [-0.4, -0.2) is 45.2 Å². The van der Waals surface area contributed by atoms with Gasteiger partial charge in [-0.2, -0.15) is 5.10 Å². The van der Waals surface area contributed by atoms with E-state index >= 15 is 0 Å². The summed E-state index contributed by atoms with van der Waals surface area (Å²) >= 11 is 6.28. The van der Waals surface area contributed by atoms with Gasteiger partial charge in [0.2, 0.25) is 0 Å². The van der Waals surface area contributed by atoms with Crippen LogP contribution in [0.1, 0.15) is 47.8 Å². The van der Waals surface area contributed by atoms with Gasteiger partial charge in [-0.1, -0.05) is 11.6 Å². The third-order valence-corrected chi connectivity index (χ3v) is 10.6. The molecular weight excluding hydrogens is 540 g/mol. The number of carbonyl (C=O) groups is 1. The summed E-state index contributed by atoms with van der Waals surface area (Å²) in [6, 6.07) is 8.30. The molecule has 202 valence electrons. The van der Waals surface area contributed by atoms with Crippen LogP contribution in [0.4, 0.5) is 14.5 Å². The van der Waals surface area contributed by atoms with Crippen molar-refractivity contribution in [3.63, 3.8) is 0 Å². The number of nitrogens with one attached hydrogen (secondary N) is 1. The van der Waals surface area contributed by atoms with Crippen molar-refractivity contribution in [1.82, 2.24) is 9.78 Å². The highest BCUT2D eigenvalue weighted by Gasteiger charge is 2.59. The number of nitrogens with zero attached hydrogens (tertiary/aromatic N) is 2. The largest absolute Gasteiger partial charge is 0.386 e. The van der Waals surface area contributed by atoms with Gasteiger partial charge in [-0.25, -0.2) is 17.2 Å². The maximum Gasteiger partial charge on any atom is 0.255 e. The highest BCUT2D eigenvalue weighted by Crippen LogP contribution is 2.56. The number of amides is 1. The molecule has 0 saturated heterocycles. The molecule has 2 aliphatic rings. The van der Waals surface area contributed by atoms with Crippen LogP contribution >= 0.6 is 11.6 Å². The molecular formula is C26H26ClF2N3O5S. The second kappa shape index (κ2) is 9.71. The maximum atomic E-state index is 13.7. The lowest BCUT2D eigenvalue weighted by molar-refractivity contribution is -0.146. The SMILES string of the molecule is Cn1nccc1C(O)[C@@]1(O)C2CC[C@H]1C[C@H](S(=O)(=O)c1cc(C(=O)Nc3ccc(F)c(F)c3)ccc1Cl)C2. The van der Waals surface area contributed by atoms with Gasteiger partial charge in [-0.3, -0.25) is 9.48 Å². The first kappa shape index (κ1) is 26.7. The Bertz CT molecular complexity index is 1500. The Morgan fingerprint density at radius 2 is 1.82 bits per heavy atom. The molecule has 8 nitrogen and oxygen atoms in total. The number of benzene rings is 2. The molecule has 2 aliphatic carbocycles. The van der Waals surface area contributed by atoms with E-state index in [4.69, 9.17) is 11.6 Å². The van der Waals surface area contributed by atoms with E-state index in [1.807, 2.05) is 0 Å². The second-order valence-electron chi connectivity index (χ2n) is 10.0. The van der Waals surface area contributed by atoms with Crippen LogP contribution < -0.4 is 5.32 Å². The molecule has 38 heavy (non-hydrogen) atoms. The van der Waals surface area contributed by atoms with E-state index in [0.29, 0.717) is 18.5 Å². The first-order valence-corrected chi connectivity index (χ1v) is 14.0. The van der Waals surface area contributed by atoms with Crippen molar-refractivity contribution >= 4 is 33.0 Å². The van der Waals surface area contributed by atoms with Crippen LogP contribution in [-0.2, 0) is 16.9 Å². The summed E-state index contributed by atoms with van der Waals surface area (Å²) in [5, 5.41) is 28.3.